The van der Waals surface area contributed by atoms with Gasteiger partial charge >= 0.3 is 0 Å². The van der Waals surface area contributed by atoms with E-state index in [-0.39, 0.29) is 6.04 Å². The van der Waals surface area contributed by atoms with E-state index >= 15 is 0 Å². The van der Waals surface area contributed by atoms with E-state index in [0.717, 1.165) is 3.79 Å². The third-order valence-corrected chi connectivity index (χ3v) is 5.97. The number of aryl methyl sites for hydroxylation is 1. The molecule has 1 aromatic carbocycles. The molecule has 0 radical (unpaired) electrons. The van der Waals surface area contributed by atoms with E-state index in [2.05, 4.69) is 66.2 Å². The molecule has 0 aliphatic rings. The van der Waals surface area contributed by atoms with E-state index < -0.39 is 0 Å². The Bertz CT molecular complexity index is 505. The van der Waals surface area contributed by atoms with Crippen molar-refractivity contribution in [1.29, 1.82) is 0 Å². The molecule has 2 unspecified atom stereocenters. The standard InChI is InChI=1S/C14H16BrNS2/c1-9-3-5-11(6-4-9)17-14(10(2)16)12-7-8-13(15)18-12/h3-8,10,14H,16H2,1-2H3. The first-order valence-corrected chi connectivity index (χ1v) is 8.29. The van der Waals surface area contributed by atoms with Crippen LogP contribution in [0.15, 0.2) is 45.1 Å². The van der Waals surface area contributed by atoms with Crippen molar-refractivity contribution >= 4 is 39.0 Å². The highest BCUT2D eigenvalue weighted by Gasteiger charge is 2.19. The summed E-state index contributed by atoms with van der Waals surface area (Å²) in [5, 5.41) is 0.309. The van der Waals surface area contributed by atoms with Gasteiger partial charge in [0.2, 0.25) is 0 Å². The van der Waals surface area contributed by atoms with Crippen LogP contribution in [-0.2, 0) is 0 Å². The Morgan fingerprint density at radius 2 is 1.83 bits per heavy atom. The van der Waals surface area contributed by atoms with Crippen LogP contribution < -0.4 is 5.73 Å². The molecule has 2 rings (SSSR count). The van der Waals surface area contributed by atoms with Gasteiger partial charge in [0.25, 0.3) is 0 Å². The van der Waals surface area contributed by atoms with Gasteiger partial charge in [0.05, 0.1) is 9.04 Å². The molecule has 0 fully saturated rings. The molecule has 2 aromatic rings. The van der Waals surface area contributed by atoms with Crippen LogP contribution in [0.3, 0.4) is 0 Å². The van der Waals surface area contributed by atoms with Crippen LogP contribution >= 0.6 is 39.0 Å². The van der Waals surface area contributed by atoms with Crippen molar-refractivity contribution in [2.24, 2.45) is 5.73 Å². The predicted octanol–water partition coefficient (Wildman–Crippen LogP) is 5.00. The number of thiophene rings is 1. The number of benzene rings is 1. The summed E-state index contributed by atoms with van der Waals surface area (Å²) in [6.45, 7) is 4.17. The van der Waals surface area contributed by atoms with Crippen molar-refractivity contribution in [2.45, 2.75) is 30.0 Å². The molecule has 0 bridgehead atoms. The van der Waals surface area contributed by atoms with Gasteiger partial charge in [-0.2, -0.15) is 0 Å². The van der Waals surface area contributed by atoms with Crippen molar-refractivity contribution in [3.8, 4) is 0 Å². The van der Waals surface area contributed by atoms with Crippen molar-refractivity contribution in [2.75, 3.05) is 0 Å². The van der Waals surface area contributed by atoms with Crippen molar-refractivity contribution in [3.05, 3.63) is 50.6 Å². The molecule has 96 valence electrons. The fourth-order valence-electron chi connectivity index (χ4n) is 1.67. The minimum absolute atomic E-state index is 0.127. The first-order chi connectivity index (χ1) is 8.56. The van der Waals surface area contributed by atoms with Crippen molar-refractivity contribution in [1.82, 2.24) is 0 Å². The zero-order valence-corrected chi connectivity index (χ0v) is 13.6. The third-order valence-electron chi connectivity index (χ3n) is 2.64. The zero-order valence-electron chi connectivity index (χ0n) is 10.4. The minimum Gasteiger partial charge on any atom is -0.327 e. The van der Waals surface area contributed by atoms with Crippen LogP contribution in [0.4, 0.5) is 0 Å². The van der Waals surface area contributed by atoms with Crippen LogP contribution in [0.1, 0.15) is 22.6 Å². The molecule has 0 aliphatic heterocycles. The summed E-state index contributed by atoms with van der Waals surface area (Å²) < 4.78 is 1.16. The van der Waals surface area contributed by atoms with Gasteiger partial charge in [0.15, 0.2) is 0 Å². The summed E-state index contributed by atoms with van der Waals surface area (Å²) in [7, 11) is 0. The Labute approximate surface area is 125 Å². The molecular weight excluding hydrogens is 326 g/mol. The first kappa shape index (κ1) is 14.1. The number of halogens is 1. The average Bonchev–Trinajstić information content (AvgIpc) is 2.74. The maximum Gasteiger partial charge on any atom is 0.0701 e. The summed E-state index contributed by atoms with van der Waals surface area (Å²) in [5.41, 5.74) is 7.41. The summed E-state index contributed by atoms with van der Waals surface area (Å²) in [5.74, 6) is 0. The smallest absolute Gasteiger partial charge is 0.0701 e. The van der Waals surface area contributed by atoms with E-state index in [9.17, 15) is 0 Å². The zero-order chi connectivity index (χ0) is 13.1. The van der Waals surface area contributed by atoms with E-state index in [0.29, 0.717) is 5.25 Å². The monoisotopic (exact) mass is 341 g/mol. The lowest BCUT2D eigenvalue weighted by Crippen LogP contribution is -2.21. The van der Waals surface area contributed by atoms with E-state index in [1.165, 1.54) is 15.3 Å². The second-order valence-electron chi connectivity index (χ2n) is 4.35. The normalized spacial score (nSPS) is 14.4. The molecule has 0 amide bonds. The highest BCUT2D eigenvalue weighted by molar-refractivity contribution is 9.11. The Morgan fingerprint density at radius 3 is 2.33 bits per heavy atom. The van der Waals surface area contributed by atoms with Crippen molar-refractivity contribution in [3.63, 3.8) is 0 Å². The molecule has 2 atom stereocenters. The molecule has 0 aliphatic carbocycles. The highest BCUT2D eigenvalue weighted by Crippen LogP contribution is 2.41. The molecular formula is C14H16BrNS2. The lowest BCUT2D eigenvalue weighted by atomic mass is 10.2. The summed E-state index contributed by atoms with van der Waals surface area (Å²) in [6, 6.07) is 13.0. The minimum atomic E-state index is 0.127. The van der Waals surface area contributed by atoms with Crippen molar-refractivity contribution < 1.29 is 0 Å². The van der Waals surface area contributed by atoms with Gasteiger partial charge in [0, 0.05) is 15.8 Å². The fraction of sp³-hybridized carbons (Fsp3) is 0.286. The second kappa shape index (κ2) is 6.24. The number of nitrogens with two attached hydrogens (primary N) is 1. The Kier molecular flexibility index (Phi) is 4.90. The van der Waals surface area contributed by atoms with Gasteiger partial charge in [0.1, 0.15) is 0 Å². The third kappa shape index (κ3) is 3.60. The SMILES string of the molecule is Cc1ccc(SC(c2ccc(Br)s2)C(C)N)cc1. The summed E-state index contributed by atoms with van der Waals surface area (Å²) in [6.07, 6.45) is 0. The van der Waals surface area contributed by atoms with Crippen LogP contribution in [-0.4, -0.2) is 6.04 Å². The Morgan fingerprint density at radius 1 is 1.17 bits per heavy atom. The Balaban J connectivity index is 2.19. The molecule has 1 nitrogen and oxygen atoms in total. The molecule has 0 spiro atoms. The van der Waals surface area contributed by atoms with Crippen LogP contribution in [0.5, 0.6) is 0 Å². The number of hydrogen-bond donors (Lipinski definition) is 1. The van der Waals surface area contributed by atoms with Gasteiger partial charge in [-0.05, 0) is 54.0 Å². The van der Waals surface area contributed by atoms with Gasteiger partial charge in [-0.3, -0.25) is 0 Å². The van der Waals surface area contributed by atoms with Crippen LogP contribution in [0.2, 0.25) is 0 Å². The number of hydrogen-bond acceptors (Lipinski definition) is 3. The second-order valence-corrected chi connectivity index (χ2v) is 8.06. The molecule has 0 saturated carbocycles. The van der Waals surface area contributed by atoms with E-state index in [1.807, 2.05) is 11.8 Å². The number of thioether (sulfide) groups is 1. The molecule has 1 aromatic heterocycles. The van der Waals surface area contributed by atoms with E-state index in [4.69, 9.17) is 5.73 Å². The first-order valence-electron chi connectivity index (χ1n) is 5.80. The lowest BCUT2D eigenvalue weighted by molar-refractivity contribution is 0.730. The largest absolute Gasteiger partial charge is 0.327 e. The number of rotatable bonds is 4. The molecule has 2 N–H and O–H groups in total. The molecule has 4 heteroatoms. The van der Waals surface area contributed by atoms with Crippen LogP contribution in [0.25, 0.3) is 0 Å². The summed E-state index contributed by atoms with van der Waals surface area (Å²) in [4.78, 5) is 2.59. The van der Waals surface area contributed by atoms with Gasteiger partial charge in [-0.1, -0.05) is 17.7 Å². The highest BCUT2D eigenvalue weighted by atomic mass is 79.9. The topological polar surface area (TPSA) is 26.0 Å². The summed E-state index contributed by atoms with van der Waals surface area (Å²) >= 11 is 7.11. The lowest BCUT2D eigenvalue weighted by Gasteiger charge is -2.19. The van der Waals surface area contributed by atoms with Gasteiger partial charge in [-0.15, -0.1) is 23.1 Å². The molecule has 0 saturated heterocycles. The maximum absolute atomic E-state index is 6.13. The average molecular weight is 342 g/mol. The molecule has 1 heterocycles. The quantitative estimate of drug-likeness (QED) is 0.792. The van der Waals surface area contributed by atoms with Gasteiger partial charge < -0.3 is 5.73 Å². The van der Waals surface area contributed by atoms with Crippen LogP contribution in [0, 0.1) is 6.92 Å². The van der Waals surface area contributed by atoms with Gasteiger partial charge in [-0.25, -0.2) is 0 Å². The predicted molar refractivity (Wildman–Crippen MR) is 85.4 cm³/mol. The van der Waals surface area contributed by atoms with E-state index in [1.54, 1.807) is 11.3 Å². The Hall–Kier alpha value is -0.290. The maximum atomic E-state index is 6.13. The molecule has 18 heavy (non-hydrogen) atoms. The fourth-order valence-corrected chi connectivity index (χ4v) is 4.47.